The van der Waals surface area contributed by atoms with Crippen LogP contribution in [0.2, 0.25) is 4.34 Å². The van der Waals surface area contributed by atoms with E-state index in [2.05, 4.69) is 5.32 Å². The molecule has 0 radical (unpaired) electrons. The summed E-state index contributed by atoms with van der Waals surface area (Å²) in [4.78, 5) is 43.4. The van der Waals surface area contributed by atoms with Crippen molar-refractivity contribution >= 4 is 52.2 Å². The Balaban J connectivity index is 1.27. The second-order valence-corrected chi connectivity index (χ2v) is 9.46. The highest BCUT2D eigenvalue weighted by Gasteiger charge is 2.46. The van der Waals surface area contributed by atoms with Gasteiger partial charge in [-0.3, -0.25) is 14.5 Å². The minimum absolute atomic E-state index is 0.0592. The quantitative estimate of drug-likeness (QED) is 0.760. The van der Waals surface area contributed by atoms with Crippen LogP contribution < -0.4 is 15.1 Å². The Morgan fingerprint density at radius 1 is 1.06 bits per heavy atom. The monoisotopic (exact) mass is 460 g/mol. The molecular formula is C21H21ClN4O4S. The molecule has 2 aromatic rings. The van der Waals surface area contributed by atoms with E-state index in [1.165, 1.54) is 11.3 Å². The summed E-state index contributed by atoms with van der Waals surface area (Å²) in [7, 11) is 0. The topological polar surface area (TPSA) is 82.2 Å². The number of amides is 4. The van der Waals surface area contributed by atoms with E-state index in [9.17, 15) is 14.4 Å². The molecule has 162 valence electrons. The smallest absolute Gasteiger partial charge is 0.324 e. The first-order chi connectivity index (χ1) is 15.0. The number of nitrogens with one attached hydrogen (secondary N) is 1. The van der Waals surface area contributed by atoms with Crippen molar-refractivity contribution in [3.05, 3.63) is 45.6 Å². The third kappa shape index (κ3) is 3.77. The lowest BCUT2D eigenvalue weighted by Crippen LogP contribution is -2.44. The van der Waals surface area contributed by atoms with Gasteiger partial charge < -0.3 is 19.9 Å². The first-order valence-electron chi connectivity index (χ1n) is 10.1. The van der Waals surface area contributed by atoms with Crippen LogP contribution in [-0.2, 0) is 9.53 Å². The summed E-state index contributed by atoms with van der Waals surface area (Å²) in [6, 6.07) is 10.6. The number of halogens is 1. The van der Waals surface area contributed by atoms with Crippen LogP contribution in [0.25, 0.3) is 0 Å². The summed E-state index contributed by atoms with van der Waals surface area (Å²) in [5.41, 5.74) is 1.57. The van der Waals surface area contributed by atoms with E-state index in [0.717, 1.165) is 17.8 Å². The van der Waals surface area contributed by atoms with E-state index in [0.29, 0.717) is 35.5 Å². The van der Waals surface area contributed by atoms with Crippen LogP contribution in [0, 0.1) is 0 Å². The Hall–Kier alpha value is -2.62. The highest BCUT2D eigenvalue weighted by molar-refractivity contribution is 7.18. The number of nitrogens with zero attached hydrogens (tertiary/aromatic N) is 3. The molecule has 0 aliphatic carbocycles. The second kappa shape index (κ2) is 8.14. The first kappa shape index (κ1) is 20.3. The number of fused-ring (bicyclic) bond motifs is 1. The molecule has 5 rings (SSSR count). The standard InChI is InChI=1S/C21H21ClN4O4S/c22-18-6-5-17(31-18)20(28)23-15-7-8-25-16(15)11-26(21(25)29)14-3-1-13(2-4-14)24-9-10-30-12-19(24)27/h1-6,15-16H,7-12H2,(H,23,28)/t15-,16-/m1/s1. The maximum absolute atomic E-state index is 13.0. The number of carbonyl (C=O) groups is 3. The molecule has 2 atom stereocenters. The van der Waals surface area contributed by atoms with Gasteiger partial charge in [-0.05, 0) is 42.8 Å². The van der Waals surface area contributed by atoms with Crippen LogP contribution in [-0.4, -0.2) is 67.7 Å². The van der Waals surface area contributed by atoms with Crippen LogP contribution >= 0.6 is 22.9 Å². The highest BCUT2D eigenvalue weighted by Crippen LogP contribution is 2.32. The van der Waals surface area contributed by atoms with Gasteiger partial charge in [0.05, 0.1) is 34.4 Å². The summed E-state index contributed by atoms with van der Waals surface area (Å²) in [5, 5.41) is 3.07. The minimum Gasteiger partial charge on any atom is -0.370 e. The van der Waals surface area contributed by atoms with Crippen molar-refractivity contribution in [2.45, 2.75) is 18.5 Å². The fourth-order valence-corrected chi connectivity index (χ4v) is 5.35. The van der Waals surface area contributed by atoms with E-state index < -0.39 is 0 Å². The minimum atomic E-state index is -0.158. The predicted octanol–water partition coefficient (Wildman–Crippen LogP) is 2.58. The van der Waals surface area contributed by atoms with Crippen molar-refractivity contribution in [3.63, 3.8) is 0 Å². The van der Waals surface area contributed by atoms with E-state index in [4.69, 9.17) is 16.3 Å². The number of carbonyl (C=O) groups excluding carboxylic acids is 3. The average molecular weight is 461 g/mol. The number of urea groups is 1. The summed E-state index contributed by atoms with van der Waals surface area (Å²) in [6.07, 6.45) is 0.729. The maximum Gasteiger partial charge on any atom is 0.324 e. The normalized spacial score (nSPS) is 23.5. The summed E-state index contributed by atoms with van der Waals surface area (Å²) < 4.78 is 5.75. The molecular weight excluding hydrogens is 440 g/mol. The van der Waals surface area contributed by atoms with Gasteiger partial charge in [-0.1, -0.05) is 11.6 Å². The number of morpholine rings is 1. The molecule has 0 spiro atoms. The van der Waals surface area contributed by atoms with Gasteiger partial charge in [0.1, 0.15) is 6.61 Å². The molecule has 0 unspecified atom stereocenters. The van der Waals surface area contributed by atoms with Crippen LogP contribution in [0.5, 0.6) is 0 Å². The van der Waals surface area contributed by atoms with E-state index >= 15 is 0 Å². The van der Waals surface area contributed by atoms with Gasteiger partial charge in [0.25, 0.3) is 11.8 Å². The Labute approximate surface area is 188 Å². The molecule has 0 saturated carbocycles. The number of anilines is 2. The molecule has 3 aliphatic heterocycles. The van der Waals surface area contributed by atoms with Gasteiger partial charge in [0.2, 0.25) is 0 Å². The molecule has 8 nitrogen and oxygen atoms in total. The van der Waals surface area contributed by atoms with Crippen molar-refractivity contribution < 1.29 is 19.1 Å². The van der Waals surface area contributed by atoms with Gasteiger partial charge in [0.15, 0.2) is 0 Å². The summed E-state index contributed by atoms with van der Waals surface area (Å²) >= 11 is 7.18. The fourth-order valence-electron chi connectivity index (χ4n) is 4.40. The van der Waals surface area contributed by atoms with Crippen LogP contribution in [0.1, 0.15) is 16.1 Å². The summed E-state index contributed by atoms with van der Waals surface area (Å²) in [5.74, 6) is -0.225. The van der Waals surface area contributed by atoms with Gasteiger partial charge >= 0.3 is 6.03 Å². The third-order valence-electron chi connectivity index (χ3n) is 5.96. The van der Waals surface area contributed by atoms with Crippen molar-refractivity contribution in [3.8, 4) is 0 Å². The Morgan fingerprint density at radius 3 is 2.48 bits per heavy atom. The summed E-state index contributed by atoms with van der Waals surface area (Å²) in [6.45, 7) is 2.24. The number of thiophene rings is 1. The molecule has 1 aromatic carbocycles. The number of hydrogen-bond donors (Lipinski definition) is 1. The SMILES string of the molecule is O=C(N[C@@H]1CCN2C(=O)N(c3ccc(N4CCOCC4=O)cc3)C[C@H]12)c1ccc(Cl)s1. The Bertz CT molecular complexity index is 1030. The predicted molar refractivity (Wildman–Crippen MR) is 118 cm³/mol. The molecule has 3 saturated heterocycles. The zero-order chi connectivity index (χ0) is 21.5. The zero-order valence-corrected chi connectivity index (χ0v) is 18.2. The van der Waals surface area contributed by atoms with Crippen LogP contribution in [0.4, 0.5) is 16.2 Å². The zero-order valence-electron chi connectivity index (χ0n) is 16.6. The van der Waals surface area contributed by atoms with Crippen molar-refractivity contribution in [1.29, 1.82) is 0 Å². The average Bonchev–Trinajstić information content (AvgIpc) is 3.46. The third-order valence-corrected chi connectivity index (χ3v) is 7.19. The van der Waals surface area contributed by atoms with E-state index in [-0.39, 0.29) is 36.5 Å². The molecule has 4 heterocycles. The lowest BCUT2D eigenvalue weighted by molar-refractivity contribution is -0.125. The van der Waals surface area contributed by atoms with Crippen molar-refractivity contribution in [2.75, 3.05) is 42.6 Å². The number of ether oxygens (including phenoxy) is 1. The molecule has 3 aliphatic rings. The number of rotatable bonds is 4. The first-order valence-corrected chi connectivity index (χ1v) is 11.3. The second-order valence-electron chi connectivity index (χ2n) is 7.74. The Morgan fingerprint density at radius 2 is 1.81 bits per heavy atom. The van der Waals surface area contributed by atoms with Crippen molar-refractivity contribution in [1.82, 2.24) is 10.2 Å². The lowest BCUT2D eigenvalue weighted by Gasteiger charge is -2.27. The highest BCUT2D eigenvalue weighted by atomic mass is 35.5. The molecule has 31 heavy (non-hydrogen) atoms. The van der Waals surface area contributed by atoms with E-state index in [1.54, 1.807) is 21.9 Å². The van der Waals surface area contributed by atoms with Gasteiger partial charge in [0, 0.05) is 24.5 Å². The number of hydrogen-bond acceptors (Lipinski definition) is 5. The lowest BCUT2D eigenvalue weighted by atomic mass is 10.1. The van der Waals surface area contributed by atoms with Crippen LogP contribution in [0.15, 0.2) is 36.4 Å². The molecule has 10 heteroatoms. The molecule has 1 aromatic heterocycles. The molecule has 1 N–H and O–H groups in total. The largest absolute Gasteiger partial charge is 0.370 e. The Kier molecular flexibility index (Phi) is 5.33. The van der Waals surface area contributed by atoms with Crippen LogP contribution in [0.3, 0.4) is 0 Å². The van der Waals surface area contributed by atoms with Crippen molar-refractivity contribution in [2.24, 2.45) is 0 Å². The maximum atomic E-state index is 13.0. The molecule has 4 amide bonds. The van der Waals surface area contributed by atoms with Gasteiger partial charge in [-0.25, -0.2) is 4.79 Å². The number of benzene rings is 1. The molecule has 0 bridgehead atoms. The van der Waals surface area contributed by atoms with Gasteiger partial charge in [-0.15, -0.1) is 11.3 Å². The fraction of sp³-hybridized carbons (Fsp3) is 0.381. The molecule has 3 fully saturated rings. The van der Waals surface area contributed by atoms with E-state index in [1.807, 2.05) is 29.2 Å². The van der Waals surface area contributed by atoms with Gasteiger partial charge in [-0.2, -0.15) is 0 Å².